The van der Waals surface area contributed by atoms with Gasteiger partial charge in [-0.1, -0.05) is 35.5 Å². The average molecular weight is 380 g/mol. The number of ether oxygens (including phenoxy) is 2. The SMILES string of the molecule is Cc1noc(C)c1CO[C@@H]1COCC[C@H]1NS(=O)(=O)Cc1ccccc1. The lowest BCUT2D eigenvalue weighted by Gasteiger charge is -2.31. The Bertz CT molecular complexity index is 800. The summed E-state index contributed by atoms with van der Waals surface area (Å²) in [6.07, 6.45) is 0.211. The van der Waals surface area contributed by atoms with Crippen LogP contribution in [0.4, 0.5) is 0 Å². The predicted molar refractivity (Wildman–Crippen MR) is 96.0 cm³/mol. The third-order valence-corrected chi connectivity index (χ3v) is 5.83. The number of rotatable bonds is 7. The van der Waals surface area contributed by atoms with Gasteiger partial charge in [0.2, 0.25) is 10.0 Å². The van der Waals surface area contributed by atoms with Gasteiger partial charge in [-0.15, -0.1) is 0 Å². The van der Waals surface area contributed by atoms with Crippen molar-refractivity contribution in [2.45, 2.75) is 44.8 Å². The summed E-state index contributed by atoms with van der Waals surface area (Å²) in [6.45, 7) is 4.85. The maximum Gasteiger partial charge on any atom is 0.216 e. The van der Waals surface area contributed by atoms with Crippen LogP contribution in [0.15, 0.2) is 34.9 Å². The summed E-state index contributed by atoms with van der Waals surface area (Å²) in [5.41, 5.74) is 2.42. The first-order chi connectivity index (χ1) is 12.4. The number of hydrogen-bond donors (Lipinski definition) is 1. The average Bonchev–Trinajstić information content (AvgIpc) is 2.92. The van der Waals surface area contributed by atoms with Gasteiger partial charge in [-0.2, -0.15) is 0 Å². The number of aryl methyl sites for hydroxylation is 2. The van der Waals surface area contributed by atoms with Gasteiger partial charge in [-0.05, 0) is 25.8 Å². The molecule has 2 aromatic rings. The topological polar surface area (TPSA) is 90.7 Å². The summed E-state index contributed by atoms with van der Waals surface area (Å²) in [6, 6.07) is 8.80. The molecule has 1 aromatic carbocycles. The highest BCUT2D eigenvalue weighted by atomic mass is 32.2. The van der Waals surface area contributed by atoms with Gasteiger partial charge >= 0.3 is 0 Å². The van der Waals surface area contributed by atoms with Gasteiger partial charge in [0, 0.05) is 12.2 Å². The lowest BCUT2D eigenvalue weighted by atomic mass is 10.1. The van der Waals surface area contributed by atoms with E-state index >= 15 is 0 Å². The van der Waals surface area contributed by atoms with E-state index in [-0.39, 0.29) is 17.9 Å². The van der Waals surface area contributed by atoms with Crippen LogP contribution in [0.3, 0.4) is 0 Å². The normalized spacial score (nSPS) is 21.0. The van der Waals surface area contributed by atoms with Gasteiger partial charge in [0.15, 0.2) is 0 Å². The van der Waals surface area contributed by atoms with Crippen molar-refractivity contribution in [1.82, 2.24) is 9.88 Å². The molecular weight excluding hydrogens is 356 g/mol. The van der Waals surface area contributed by atoms with E-state index in [0.29, 0.717) is 32.0 Å². The van der Waals surface area contributed by atoms with E-state index in [4.69, 9.17) is 14.0 Å². The van der Waals surface area contributed by atoms with Crippen molar-refractivity contribution in [2.75, 3.05) is 13.2 Å². The van der Waals surface area contributed by atoms with Crippen molar-refractivity contribution >= 4 is 10.0 Å². The molecule has 0 spiro atoms. The third kappa shape index (κ3) is 4.91. The molecule has 1 aromatic heterocycles. The van der Waals surface area contributed by atoms with Crippen molar-refractivity contribution in [3.63, 3.8) is 0 Å². The number of sulfonamides is 1. The molecule has 2 heterocycles. The van der Waals surface area contributed by atoms with Crippen molar-refractivity contribution in [3.05, 3.63) is 52.9 Å². The number of benzene rings is 1. The molecular formula is C18H24N2O5S. The minimum Gasteiger partial charge on any atom is -0.379 e. The highest BCUT2D eigenvalue weighted by Gasteiger charge is 2.30. The van der Waals surface area contributed by atoms with Crippen molar-refractivity contribution < 1.29 is 22.4 Å². The third-order valence-electron chi connectivity index (χ3n) is 4.46. The standard InChI is InChI=1S/C18H24N2O5S/c1-13-16(14(2)25-19-13)10-24-18-11-23-9-8-17(18)20-26(21,22)12-15-6-4-3-5-7-15/h3-7,17-18,20H,8-12H2,1-2H3/t17-,18-/m1/s1. The van der Waals surface area contributed by atoms with Gasteiger partial charge < -0.3 is 14.0 Å². The van der Waals surface area contributed by atoms with Crippen LogP contribution in [-0.4, -0.2) is 38.9 Å². The number of hydrogen-bond acceptors (Lipinski definition) is 6. The van der Waals surface area contributed by atoms with E-state index in [2.05, 4.69) is 9.88 Å². The summed E-state index contributed by atoms with van der Waals surface area (Å²) in [5.74, 6) is 0.655. The molecule has 0 bridgehead atoms. The maximum atomic E-state index is 12.5. The molecule has 1 N–H and O–H groups in total. The van der Waals surface area contributed by atoms with Crippen LogP contribution in [0.2, 0.25) is 0 Å². The number of nitrogens with zero attached hydrogens (tertiary/aromatic N) is 1. The Labute approximate surface area is 153 Å². The summed E-state index contributed by atoms with van der Waals surface area (Å²) in [5, 5.41) is 3.91. The Morgan fingerprint density at radius 1 is 1.27 bits per heavy atom. The zero-order valence-electron chi connectivity index (χ0n) is 15.0. The summed E-state index contributed by atoms with van der Waals surface area (Å²) in [4.78, 5) is 0. The minimum atomic E-state index is -3.47. The fraction of sp³-hybridized carbons (Fsp3) is 0.500. The van der Waals surface area contributed by atoms with E-state index < -0.39 is 10.0 Å². The summed E-state index contributed by atoms with van der Waals surface area (Å²) in [7, 11) is -3.47. The molecule has 26 heavy (non-hydrogen) atoms. The molecule has 0 amide bonds. The smallest absolute Gasteiger partial charge is 0.216 e. The van der Waals surface area contributed by atoms with Crippen molar-refractivity contribution in [2.24, 2.45) is 0 Å². The zero-order chi connectivity index (χ0) is 18.6. The van der Waals surface area contributed by atoms with Crippen LogP contribution in [0.1, 0.15) is 29.0 Å². The first-order valence-corrected chi connectivity index (χ1v) is 10.2. The highest BCUT2D eigenvalue weighted by Crippen LogP contribution is 2.19. The van der Waals surface area contributed by atoms with Gasteiger partial charge in [0.1, 0.15) is 5.76 Å². The zero-order valence-corrected chi connectivity index (χ0v) is 15.8. The largest absolute Gasteiger partial charge is 0.379 e. The van der Waals surface area contributed by atoms with Crippen LogP contribution < -0.4 is 4.72 Å². The second-order valence-corrected chi connectivity index (χ2v) is 8.24. The summed E-state index contributed by atoms with van der Waals surface area (Å²) >= 11 is 0. The molecule has 0 aliphatic carbocycles. The Morgan fingerprint density at radius 3 is 2.73 bits per heavy atom. The first kappa shape index (κ1) is 19.0. The molecule has 8 heteroatoms. The Hall–Kier alpha value is -1.74. The molecule has 7 nitrogen and oxygen atoms in total. The molecule has 3 rings (SSSR count). The Morgan fingerprint density at radius 2 is 2.04 bits per heavy atom. The number of nitrogens with one attached hydrogen (secondary N) is 1. The molecule has 0 saturated carbocycles. The quantitative estimate of drug-likeness (QED) is 0.791. The van der Waals surface area contributed by atoms with E-state index in [1.165, 1.54) is 0 Å². The second-order valence-electron chi connectivity index (χ2n) is 6.48. The molecule has 2 atom stereocenters. The first-order valence-electron chi connectivity index (χ1n) is 8.59. The lowest BCUT2D eigenvalue weighted by molar-refractivity contribution is -0.0714. The van der Waals surface area contributed by atoms with Crippen molar-refractivity contribution in [3.8, 4) is 0 Å². The van der Waals surface area contributed by atoms with Gasteiger partial charge in [0.05, 0.1) is 36.8 Å². The van der Waals surface area contributed by atoms with Crippen LogP contribution >= 0.6 is 0 Å². The van der Waals surface area contributed by atoms with E-state index in [1.807, 2.05) is 32.0 Å². The molecule has 1 saturated heterocycles. The molecule has 1 aliphatic heterocycles. The summed E-state index contributed by atoms with van der Waals surface area (Å²) < 4.78 is 44.4. The van der Waals surface area contributed by atoms with Crippen LogP contribution in [-0.2, 0) is 31.9 Å². The highest BCUT2D eigenvalue weighted by molar-refractivity contribution is 7.88. The van der Waals surface area contributed by atoms with Crippen LogP contribution in [0.5, 0.6) is 0 Å². The molecule has 0 radical (unpaired) electrons. The van der Waals surface area contributed by atoms with Gasteiger partial charge in [0.25, 0.3) is 0 Å². The molecule has 142 valence electrons. The Balaban J connectivity index is 1.63. The molecule has 1 aliphatic rings. The van der Waals surface area contributed by atoms with Crippen LogP contribution in [0.25, 0.3) is 0 Å². The number of aromatic nitrogens is 1. The molecule has 0 unspecified atom stereocenters. The van der Waals surface area contributed by atoms with E-state index in [1.54, 1.807) is 12.1 Å². The Kier molecular flexibility index (Phi) is 6.08. The fourth-order valence-electron chi connectivity index (χ4n) is 2.98. The lowest BCUT2D eigenvalue weighted by Crippen LogP contribution is -2.50. The molecule has 1 fully saturated rings. The predicted octanol–water partition coefficient (Wildman–Crippen LogP) is 2.09. The van der Waals surface area contributed by atoms with Gasteiger partial charge in [-0.3, -0.25) is 0 Å². The maximum absolute atomic E-state index is 12.5. The second kappa shape index (κ2) is 8.30. The van der Waals surface area contributed by atoms with Crippen molar-refractivity contribution in [1.29, 1.82) is 0 Å². The van der Waals surface area contributed by atoms with Gasteiger partial charge in [-0.25, -0.2) is 13.1 Å². The monoisotopic (exact) mass is 380 g/mol. The van der Waals surface area contributed by atoms with E-state index in [0.717, 1.165) is 16.8 Å². The van der Waals surface area contributed by atoms with Crippen LogP contribution in [0, 0.1) is 13.8 Å². The minimum absolute atomic E-state index is 0.0538. The fourth-order valence-corrected chi connectivity index (χ4v) is 4.42. The van der Waals surface area contributed by atoms with E-state index in [9.17, 15) is 8.42 Å².